The summed E-state index contributed by atoms with van der Waals surface area (Å²) < 4.78 is 4.63. The first-order valence-corrected chi connectivity index (χ1v) is 6.10. The molecular weight excluding hydrogens is 266 g/mol. The van der Waals surface area contributed by atoms with Gasteiger partial charge in [-0.25, -0.2) is 9.97 Å². The van der Waals surface area contributed by atoms with Crippen molar-refractivity contribution in [1.29, 1.82) is 0 Å². The summed E-state index contributed by atoms with van der Waals surface area (Å²) in [5.74, 6) is -0.376. The Labute approximate surface area is 115 Å². The molecule has 0 aliphatic heterocycles. The van der Waals surface area contributed by atoms with Crippen molar-refractivity contribution >= 4 is 34.3 Å². The summed E-state index contributed by atoms with van der Waals surface area (Å²) in [5.41, 5.74) is 9.67. The number of hydrogen-bond acceptors (Lipinski definition) is 5. The average Bonchev–Trinajstić information content (AvgIpc) is 2.38. The maximum absolute atomic E-state index is 11.3. The molecule has 1 aromatic heterocycles. The number of ether oxygens (including phenoxy) is 1. The number of nitrogen functional groups attached to an aromatic ring is 1. The number of hydrogen-bond donors (Lipinski definition) is 1. The fourth-order valence-electron chi connectivity index (χ4n) is 1.77. The van der Waals surface area contributed by atoms with Crippen LogP contribution in [0.5, 0.6) is 0 Å². The molecule has 0 radical (unpaired) electrons. The number of aromatic nitrogens is 2. The topological polar surface area (TPSA) is 78.1 Å². The van der Waals surface area contributed by atoms with Crippen molar-refractivity contribution in [3.8, 4) is 0 Å². The van der Waals surface area contributed by atoms with Gasteiger partial charge in [0.1, 0.15) is 5.52 Å². The number of nitrogens with zero attached hydrogens (tertiary/aromatic N) is 2. The number of nitrogens with two attached hydrogens (primary N) is 1. The van der Waals surface area contributed by atoms with Crippen LogP contribution in [0.3, 0.4) is 0 Å². The molecule has 0 bridgehead atoms. The van der Waals surface area contributed by atoms with Gasteiger partial charge >= 0.3 is 5.97 Å². The van der Waals surface area contributed by atoms with Crippen LogP contribution in [0, 0.1) is 13.8 Å². The number of aryl methyl sites for hydroxylation is 2. The fraction of sp³-hybridized carbons (Fsp3) is 0.308. The number of carbonyl (C=O) groups excluding carboxylic acids is 1. The molecule has 1 heterocycles. The molecule has 19 heavy (non-hydrogen) atoms. The Morgan fingerprint density at radius 3 is 2.63 bits per heavy atom. The smallest absolute Gasteiger partial charge is 0.310 e. The molecule has 0 spiro atoms. The summed E-state index contributed by atoms with van der Waals surface area (Å²) in [4.78, 5) is 20.1. The van der Waals surface area contributed by atoms with Gasteiger partial charge in [0.25, 0.3) is 0 Å². The normalized spacial score (nSPS) is 10.7. The zero-order chi connectivity index (χ0) is 14.2. The van der Waals surface area contributed by atoms with Crippen LogP contribution in [0.15, 0.2) is 6.07 Å². The van der Waals surface area contributed by atoms with Gasteiger partial charge in [-0.3, -0.25) is 4.79 Å². The molecule has 5 nitrogen and oxygen atoms in total. The molecule has 0 unspecified atom stereocenters. The van der Waals surface area contributed by atoms with Crippen LogP contribution < -0.4 is 5.73 Å². The Bertz CT molecular complexity index is 671. The summed E-state index contributed by atoms with van der Waals surface area (Å²) >= 11 is 6.20. The summed E-state index contributed by atoms with van der Waals surface area (Å²) in [5, 5.41) is 0.326. The van der Waals surface area contributed by atoms with Gasteiger partial charge in [-0.1, -0.05) is 11.6 Å². The minimum absolute atomic E-state index is 0.0621. The molecular formula is C13H14ClN3O2. The molecule has 2 rings (SSSR count). The van der Waals surface area contributed by atoms with Crippen LogP contribution in [0.4, 0.5) is 5.69 Å². The lowest BCUT2D eigenvalue weighted by Crippen LogP contribution is -2.08. The Kier molecular flexibility index (Phi) is 3.57. The number of methoxy groups -OCH3 is 1. The summed E-state index contributed by atoms with van der Waals surface area (Å²) in [6.45, 7) is 3.72. The SMILES string of the molecule is COC(=O)Cc1cc2nc(C)c(C)nc2c(Cl)c1N. The van der Waals surface area contributed by atoms with E-state index in [1.165, 1.54) is 7.11 Å². The van der Waals surface area contributed by atoms with E-state index < -0.39 is 0 Å². The molecule has 0 fully saturated rings. The standard InChI is InChI=1S/C13H14ClN3O2/c1-6-7(2)17-13-9(16-6)4-8(5-10(18)19-3)12(15)11(13)14/h4H,5,15H2,1-3H3. The Morgan fingerprint density at radius 2 is 2.00 bits per heavy atom. The van der Waals surface area contributed by atoms with E-state index in [0.717, 1.165) is 11.4 Å². The zero-order valence-electron chi connectivity index (χ0n) is 11.0. The highest BCUT2D eigenvalue weighted by Gasteiger charge is 2.15. The predicted molar refractivity (Wildman–Crippen MR) is 74.2 cm³/mol. The lowest BCUT2D eigenvalue weighted by Gasteiger charge is -2.10. The van der Waals surface area contributed by atoms with Crippen molar-refractivity contribution < 1.29 is 9.53 Å². The van der Waals surface area contributed by atoms with Crippen LogP contribution in [0.2, 0.25) is 5.02 Å². The second-order valence-electron chi connectivity index (χ2n) is 4.28. The molecule has 0 saturated heterocycles. The van der Waals surface area contributed by atoms with Gasteiger partial charge in [0, 0.05) is 0 Å². The van der Waals surface area contributed by atoms with Gasteiger partial charge in [-0.15, -0.1) is 0 Å². The lowest BCUT2D eigenvalue weighted by molar-refractivity contribution is -0.139. The van der Waals surface area contributed by atoms with Crippen LogP contribution >= 0.6 is 11.6 Å². The molecule has 2 aromatic rings. The van der Waals surface area contributed by atoms with Crippen LogP contribution in [-0.4, -0.2) is 23.0 Å². The Hall–Kier alpha value is -1.88. The number of rotatable bonds is 2. The van der Waals surface area contributed by atoms with E-state index >= 15 is 0 Å². The maximum Gasteiger partial charge on any atom is 0.310 e. The van der Waals surface area contributed by atoms with E-state index in [9.17, 15) is 4.79 Å². The van der Waals surface area contributed by atoms with E-state index in [2.05, 4.69) is 14.7 Å². The summed E-state index contributed by atoms with van der Waals surface area (Å²) in [6.07, 6.45) is 0.0621. The summed E-state index contributed by atoms with van der Waals surface area (Å²) in [7, 11) is 1.33. The first-order valence-electron chi connectivity index (χ1n) is 5.72. The lowest BCUT2D eigenvalue weighted by atomic mass is 10.1. The Morgan fingerprint density at radius 1 is 1.37 bits per heavy atom. The highest BCUT2D eigenvalue weighted by atomic mass is 35.5. The predicted octanol–water partition coefficient (Wildman–Crippen LogP) is 2.20. The van der Waals surface area contributed by atoms with Crippen molar-refractivity contribution in [2.75, 3.05) is 12.8 Å². The minimum atomic E-state index is -0.376. The van der Waals surface area contributed by atoms with Crippen LogP contribution in [0.25, 0.3) is 11.0 Å². The number of anilines is 1. The van der Waals surface area contributed by atoms with Crippen LogP contribution in [0.1, 0.15) is 17.0 Å². The number of carbonyl (C=O) groups is 1. The third kappa shape index (κ3) is 2.46. The van der Waals surface area contributed by atoms with Crippen molar-refractivity contribution in [3.05, 3.63) is 28.0 Å². The monoisotopic (exact) mass is 279 g/mol. The zero-order valence-corrected chi connectivity index (χ0v) is 11.7. The van der Waals surface area contributed by atoms with Gasteiger partial charge in [0.2, 0.25) is 0 Å². The molecule has 2 N–H and O–H groups in total. The average molecular weight is 280 g/mol. The number of benzene rings is 1. The van der Waals surface area contributed by atoms with Gasteiger partial charge in [0.05, 0.1) is 41.1 Å². The van der Waals surface area contributed by atoms with E-state index in [-0.39, 0.29) is 12.4 Å². The molecule has 0 aliphatic carbocycles. The largest absolute Gasteiger partial charge is 0.469 e. The minimum Gasteiger partial charge on any atom is -0.469 e. The number of fused-ring (bicyclic) bond motifs is 1. The molecule has 0 aliphatic rings. The second-order valence-corrected chi connectivity index (χ2v) is 4.66. The molecule has 1 aromatic carbocycles. The summed E-state index contributed by atoms with van der Waals surface area (Å²) in [6, 6.07) is 1.73. The van der Waals surface area contributed by atoms with E-state index in [0.29, 0.717) is 27.3 Å². The van der Waals surface area contributed by atoms with Crippen molar-refractivity contribution in [3.63, 3.8) is 0 Å². The van der Waals surface area contributed by atoms with E-state index in [1.54, 1.807) is 6.07 Å². The van der Waals surface area contributed by atoms with Gasteiger partial charge < -0.3 is 10.5 Å². The third-order valence-electron chi connectivity index (χ3n) is 3.00. The van der Waals surface area contributed by atoms with Gasteiger partial charge in [-0.2, -0.15) is 0 Å². The first-order chi connectivity index (χ1) is 8.93. The van der Waals surface area contributed by atoms with Gasteiger partial charge in [0.15, 0.2) is 0 Å². The first kappa shape index (κ1) is 13.5. The number of esters is 1. The Balaban J connectivity index is 2.65. The fourth-order valence-corrected chi connectivity index (χ4v) is 2.03. The van der Waals surface area contributed by atoms with E-state index in [1.807, 2.05) is 13.8 Å². The maximum atomic E-state index is 11.3. The highest BCUT2D eigenvalue weighted by molar-refractivity contribution is 6.37. The molecule has 6 heteroatoms. The van der Waals surface area contributed by atoms with Crippen molar-refractivity contribution in [2.45, 2.75) is 20.3 Å². The van der Waals surface area contributed by atoms with E-state index in [4.69, 9.17) is 17.3 Å². The van der Waals surface area contributed by atoms with Crippen molar-refractivity contribution in [2.24, 2.45) is 0 Å². The molecule has 0 atom stereocenters. The highest BCUT2D eigenvalue weighted by Crippen LogP contribution is 2.31. The third-order valence-corrected chi connectivity index (χ3v) is 3.38. The molecule has 0 saturated carbocycles. The number of halogens is 1. The molecule has 100 valence electrons. The van der Waals surface area contributed by atoms with Gasteiger partial charge in [-0.05, 0) is 25.5 Å². The molecule has 0 amide bonds. The quantitative estimate of drug-likeness (QED) is 0.673. The van der Waals surface area contributed by atoms with Crippen LogP contribution in [-0.2, 0) is 16.0 Å². The van der Waals surface area contributed by atoms with Crippen molar-refractivity contribution in [1.82, 2.24) is 9.97 Å². The second kappa shape index (κ2) is 5.01.